The molecule has 3 aromatic rings. The van der Waals surface area contributed by atoms with E-state index in [-0.39, 0.29) is 5.82 Å². The highest BCUT2D eigenvalue weighted by molar-refractivity contribution is 5.80. The number of rotatable bonds is 4. The maximum atomic E-state index is 13.1. The van der Waals surface area contributed by atoms with E-state index in [1.54, 1.807) is 0 Å². The molecule has 0 aliphatic rings. The number of nitrogens with zero attached hydrogens (tertiary/aromatic N) is 2. The Balaban J connectivity index is 2.10. The van der Waals surface area contributed by atoms with E-state index in [9.17, 15) is 4.39 Å². The predicted molar refractivity (Wildman–Crippen MR) is 88.9 cm³/mol. The quantitative estimate of drug-likeness (QED) is 0.779. The second-order valence-corrected chi connectivity index (χ2v) is 5.60. The van der Waals surface area contributed by atoms with Crippen LogP contribution in [0.5, 0.6) is 0 Å². The topological polar surface area (TPSA) is 29.9 Å². The van der Waals surface area contributed by atoms with Gasteiger partial charge in [0.05, 0.1) is 17.6 Å². The summed E-state index contributed by atoms with van der Waals surface area (Å²) in [7, 11) is 0. The normalized spacial score (nSPS) is 11.1. The van der Waals surface area contributed by atoms with Gasteiger partial charge in [0.2, 0.25) is 5.95 Å². The molecule has 3 rings (SSSR count). The van der Waals surface area contributed by atoms with Crippen molar-refractivity contribution in [3.63, 3.8) is 0 Å². The maximum absolute atomic E-state index is 13.1. The standard InChI is InChI=1S/C18H20FN3/c1-4-20-18-21-16-9-12(2)13(3)10-17(16)22(18)11-14-5-7-15(19)8-6-14/h5-10H,4,11H2,1-3H3,(H,20,21). The fourth-order valence-corrected chi connectivity index (χ4v) is 2.61. The molecule has 0 aliphatic carbocycles. The first kappa shape index (κ1) is 14.6. The molecule has 1 N–H and O–H groups in total. The molecule has 0 bridgehead atoms. The minimum atomic E-state index is -0.211. The van der Waals surface area contributed by atoms with Crippen LogP contribution in [-0.2, 0) is 6.54 Å². The van der Waals surface area contributed by atoms with Crippen LogP contribution in [0.1, 0.15) is 23.6 Å². The van der Waals surface area contributed by atoms with Crippen molar-refractivity contribution < 1.29 is 4.39 Å². The Labute approximate surface area is 129 Å². The van der Waals surface area contributed by atoms with Crippen molar-refractivity contribution in [3.05, 3.63) is 58.9 Å². The van der Waals surface area contributed by atoms with Crippen LogP contribution in [0.3, 0.4) is 0 Å². The predicted octanol–water partition coefficient (Wildman–Crippen LogP) is 4.27. The van der Waals surface area contributed by atoms with Crippen molar-refractivity contribution in [3.8, 4) is 0 Å². The van der Waals surface area contributed by atoms with Crippen LogP contribution in [-0.4, -0.2) is 16.1 Å². The second-order valence-electron chi connectivity index (χ2n) is 5.60. The number of halogens is 1. The zero-order valence-corrected chi connectivity index (χ0v) is 13.2. The summed E-state index contributed by atoms with van der Waals surface area (Å²) in [5, 5.41) is 3.31. The maximum Gasteiger partial charge on any atom is 0.204 e. The summed E-state index contributed by atoms with van der Waals surface area (Å²) in [5.74, 6) is 0.643. The third-order valence-corrected chi connectivity index (χ3v) is 3.95. The molecule has 22 heavy (non-hydrogen) atoms. The number of nitrogens with one attached hydrogen (secondary N) is 1. The van der Waals surface area contributed by atoms with Gasteiger partial charge in [-0.2, -0.15) is 0 Å². The van der Waals surface area contributed by atoms with Crippen LogP contribution in [0.25, 0.3) is 11.0 Å². The van der Waals surface area contributed by atoms with Gasteiger partial charge in [-0.1, -0.05) is 12.1 Å². The molecule has 0 fully saturated rings. The van der Waals surface area contributed by atoms with Crippen molar-refractivity contribution in [1.29, 1.82) is 0 Å². The molecule has 4 heteroatoms. The van der Waals surface area contributed by atoms with Crippen LogP contribution in [0, 0.1) is 19.7 Å². The molecule has 0 radical (unpaired) electrons. The van der Waals surface area contributed by atoms with Gasteiger partial charge >= 0.3 is 0 Å². The fraction of sp³-hybridized carbons (Fsp3) is 0.278. The van der Waals surface area contributed by atoms with Gasteiger partial charge in [-0.05, 0) is 61.7 Å². The van der Waals surface area contributed by atoms with E-state index in [1.165, 1.54) is 23.3 Å². The molecular weight excluding hydrogens is 277 g/mol. The molecule has 0 unspecified atom stereocenters. The van der Waals surface area contributed by atoms with E-state index in [1.807, 2.05) is 12.1 Å². The van der Waals surface area contributed by atoms with Crippen molar-refractivity contribution in [2.24, 2.45) is 0 Å². The van der Waals surface area contributed by atoms with E-state index in [2.05, 4.69) is 42.8 Å². The Morgan fingerprint density at radius 3 is 2.45 bits per heavy atom. The lowest BCUT2D eigenvalue weighted by molar-refractivity contribution is 0.626. The van der Waals surface area contributed by atoms with Crippen molar-refractivity contribution >= 4 is 17.0 Å². The number of aromatic nitrogens is 2. The van der Waals surface area contributed by atoms with Gasteiger partial charge in [-0.3, -0.25) is 0 Å². The second kappa shape index (κ2) is 5.79. The molecule has 0 saturated heterocycles. The number of hydrogen-bond acceptors (Lipinski definition) is 2. The van der Waals surface area contributed by atoms with Gasteiger partial charge in [-0.15, -0.1) is 0 Å². The molecule has 0 atom stereocenters. The van der Waals surface area contributed by atoms with E-state index < -0.39 is 0 Å². The molecule has 0 aliphatic heterocycles. The Morgan fingerprint density at radius 2 is 1.77 bits per heavy atom. The lowest BCUT2D eigenvalue weighted by Crippen LogP contribution is -2.08. The number of aryl methyl sites for hydroxylation is 2. The fourth-order valence-electron chi connectivity index (χ4n) is 2.61. The number of anilines is 1. The van der Waals surface area contributed by atoms with Gasteiger partial charge in [0, 0.05) is 6.54 Å². The monoisotopic (exact) mass is 297 g/mol. The number of benzene rings is 2. The van der Waals surface area contributed by atoms with Gasteiger partial charge in [0.15, 0.2) is 0 Å². The Hall–Kier alpha value is -2.36. The van der Waals surface area contributed by atoms with E-state index in [0.717, 1.165) is 29.1 Å². The van der Waals surface area contributed by atoms with Crippen LogP contribution in [0.4, 0.5) is 10.3 Å². The molecule has 0 spiro atoms. The summed E-state index contributed by atoms with van der Waals surface area (Å²) in [4.78, 5) is 4.70. The summed E-state index contributed by atoms with van der Waals surface area (Å²) in [6.45, 7) is 7.74. The van der Waals surface area contributed by atoms with Crippen LogP contribution < -0.4 is 5.32 Å². The molecule has 3 nitrogen and oxygen atoms in total. The lowest BCUT2D eigenvalue weighted by Gasteiger charge is -2.10. The van der Waals surface area contributed by atoms with Crippen molar-refractivity contribution in [2.75, 3.05) is 11.9 Å². The van der Waals surface area contributed by atoms with Gasteiger partial charge in [0.1, 0.15) is 5.82 Å². The van der Waals surface area contributed by atoms with E-state index >= 15 is 0 Å². The first-order chi connectivity index (χ1) is 10.6. The highest BCUT2D eigenvalue weighted by Gasteiger charge is 2.12. The number of fused-ring (bicyclic) bond motifs is 1. The lowest BCUT2D eigenvalue weighted by atomic mass is 10.1. The molecule has 2 aromatic carbocycles. The summed E-state index contributed by atoms with van der Waals surface area (Å²) in [5.41, 5.74) is 5.63. The van der Waals surface area contributed by atoms with Gasteiger partial charge < -0.3 is 9.88 Å². The molecule has 114 valence electrons. The highest BCUT2D eigenvalue weighted by atomic mass is 19.1. The third kappa shape index (κ3) is 2.69. The molecular formula is C18H20FN3. The Morgan fingerprint density at radius 1 is 1.09 bits per heavy atom. The molecule has 1 heterocycles. The smallest absolute Gasteiger partial charge is 0.204 e. The van der Waals surface area contributed by atoms with Crippen LogP contribution >= 0.6 is 0 Å². The van der Waals surface area contributed by atoms with Crippen LogP contribution in [0.2, 0.25) is 0 Å². The first-order valence-corrected chi connectivity index (χ1v) is 7.54. The summed E-state index contributed by atoms with van der Waals surface area (Å²) >= 11 is 0. The van der Waals surface area contributed by atoms with Gasteiger partial charge in [0.25, 0.3) is 0 Å². The number of imidazole rings is 1. The summed E-state index contributed by atoms with van der Waals surface area (Å²) < 4.78 is 15.2. The minimum Gasteiger partial charge on any atom is -0.356 e. The number of hydrogen-bond donors (Lipinski definition) is 1. The largest absolute Gasteiger partial charge is 0.356 e. The zero-order valence-electron chi connectivity index (χ0n) is 13.2. The zero-order chi connectivity index (χ0) is 15.7. The third-order valence-electron chi connectivity index (χ3n) is 3.95. The summed E-state index contributed by atoms with van der Waals surface area (Å²) in [6, 6.07) is 10.9. The average molecular weight is 297 g/mol. The molecule has 1 aromatic heterocycles. The molecule has 0 amide bonds. The van der Waals surface area contributed by atoms with E-state index in [0.29, 0.717) is 6.54 Å². The SMILES string of the molecule is CCNc1nc2cc(C)c(C)cc2n1Cc1ccc(F)cc1. The van der Waals surface area contributed by atoms with E-state index in [4.69, 9.17) is 4.98 Å². The minimum absolute atomic E-state index is 0.211. The van der Waals surface area contributed by atoms with Gasteiger partial charge in [-0.25, -0.2) is 9.37 Å². The Kier molecular flexibility index (Phi) is 3.84. The summed E-state index contributed by atoms with van der Waals surface area (Å²) in [6.07, 6.45) is 0. The average Bonchev–Trinajstić information content (AvgIpc) is 2.80. The molecule has 0 saturated carbocycles. The first-order valence-electron chi connectivity index (χ1n) is 7.54. The van der Waals surface area contributed by atoms with Crippen LogP contribution in [0.15, 0.2) is 36.4 Å². The van der Waals surface area contributed by atoms with Crippen molar-refractivity contribution in [1.82, 2.24) is 9.55 Å². The highest BCUT2D eigenvalue weighted by Crippen LogP contribution is 2.24. The Bertz CT molecular complexity index is 803. The van der Waals surface area contributed by atoms with Crippen molar-refractivity contribution in [2.45, 2.75) is 27.3 Å².